The Morgan fingerprint density at radius 2 is 0.817 bits per heavy atom. The normalized spacial score (nSPS) is 10.9. The fourth-order valence-corrected chi connectivity index (χ4v) is 8.56. The van der Waals surface area contributed by atoms with E-state index in [4.69, 9.17) is 4.98 Å². The minimum Gasteiger partial charge on any atom is -0.307 e. The molecule has 0 aliphatic rings. The second-order valence-corrected chi connectivity index (χ2v) is 14.3. The number of hydrogen-bond acceptors (Lipinski definition) is 6. The van der Waals surface area contributed by atoms with Crippen molar-refractivity contribution in [2.75, 3.05) is 0 Å². The van der Waals surface area contributed by atoms with Crippen molar-refractivity contribution in [3.05, 3.63) is 186 Å². The van der Waals surface area contributed by atoms with Gasteiger partial charge in [0.2, 0.25) is 0 Å². The quantitative estimate of drug-likeness (QED) is 0.171. The molecular weight excluding hydrogens is 737 g/mol. The summed E-state index contributed by atoms with van der Waals surface area (Å²) >= 11 is 0. The number of para-hydroxylation sites is 2. The van der Waals surface area contributed by atoms with Crippen LogP contribution in [0.1, 0.15) is 27.8 Å². The Morgan fingerprint density at radius 3 is 1.30 bits per heavy atom. The molecule has 8 heteroatoms. The van der Waals surface area contributed by atoms with Gasteiger partial charge in [0.1, 0.15) is 0 Å². The summed E-state index contributed by atoms with van der Waals surface area (Å²) in [5.74, 6) is 0. The number of pyridine rings is 1. The summed E-state index contributed by atoms with van der Waals surface area (Å²) < 4.78 is 4.36. The smallest absolute Gasteiger partial charge is 0.0998 e. The molecule has 10 rings (SSSR count). The predicted molar refractivity (Wildman–Crippen MR) is 233 cm³/mol. The monoisotopic (exact) mass is 762 g/mol. The van der Waals surface area contributed by atoms with Crippen LogP contribution in [0.4, 0.5) is 0 Å². The van der Waals surface area contributed by atoms with E-state index in [-0.39, 0.29) is 0 Å². The lowest BCUT2D eigenvalue weighted by molar-refractivity contribution is 1.09. The number of nitrogens with zero attached hydrogens (tertiary/aromatic N) is 8. The van der Waals surface area contributed by atoms with Gasteiger partial charge in [0.05, 0.1) is 104 Å². The summed E-state index contributed by atoms with van der Waals surface area (Å²) in [6, 6.07) is 57.8. The molecule has 0 fully saturated rings. The van der Waals surface area contributed by atoms with Crippen LogP contribution in [-0.4, -0.2) is 14.1 Å². The van der Waals surface area contributed by atoms with E-state index in [0.717, 1.165) is 71.7 Å². The van der Waals surface area contributed by atoms with Gasteiger partial charge in [-0.1, -0.05) is 91.0 Å². The maximum atomic E-state index is 10.6. The molecule has 0 aliphatic heterocycles. The molecule has 0 amide bonds. The van der Waals surface area contributed by atoms with Crippen molar-refractivity contribution in [1.82, 2.24) is 14.1 Å². The van der Waals surface area contributed by atoms with Crippen LogP contribution in [0.15, 0.2) is 158 Å². The molecule has 0 radical (unpaired) electrons. The van der Waals surface area contributed by atoms with Crippen LogP contribution < -0.4 is 0 Å². The van der Waals surface area contributed by atoms with E-state index >= 15 is 0 Å². The standard InChI is InChI=1S/C52H26N8/c53-25-32-13-17-39(37(21-32)28-56)34-15-19-44-42-9-3-5-11-46(42)59(48(44)23-34)50-30-58-31-51(52(50)41-8-2-1-7-36(41)27-55)60-47-12-6-4-10-43(47)45-20-16-35(24-49(45)60)40-18-14-33(26-54)22-38(40)29-57/h1-24,30-31H. The van der Waals surface area contributed by atoms with Gasteiger partial charge in [0.25, 0.3) is 0 Å². The van der Waals surface area contributed by atoms with Gasteiger partial charge in [-0.25, -0.2) is 0 Å². The lowest BCUT2D eigenvalue weighted by Crippen LogP contribution is -2.05. The van der Waals surface area contributed by atoms with Gasteiger partial charge < -0.3 is 9.13 Å². The fraction of sp³-hybridized carbons (Fsp3) is 0. The summed E-state index contributed by atoms with van der Waals surface area (Å²) in [6.07, 6.45) is 3.67. The van der Waals surface area contributed by atoms with E-state index in [2.05, 4.69) is 88.0 Å². The summed E-state index contributed by atoms with van der Waals surface area (Å²) in [5, 5.41) is 54.1. The molecule has 0 saturated heterocycles. The van der Waals surface area contributed by atoms with Crippen LogP contribution in [-0.2, 0) is 0 Å². The lowest BCUT2D eigenvalue weighted by Gasteiger charge is -2.20. The molecule has 0 spiro atoms. The van der Waals surface area contributed by atoms with E-state index in [1.807, 2.05) is 85.2 Å². The Labute approximate surface area is 343 Å². The van der Waals surface area contributed by atoms with Crippen molar-refractivity contribution >= 4 is 43.6 Å². The topological polar surface area (TPSA) is 142 Å². The van der Waals surface area contributed by atoms with Crippen molar-refractivity contribution in [1.29, 1.82) is 26.3 Å². The first-order valence-electron chi connectivity index (χ1n) is 19.0. The predicted octanol–water partition coefficient (Wildman–Crippen LogP) is 11.6. The largest absolute Gasteiger partial charge is 0.307 e. The van der Waals surface area contributed by atoms with E-state index in [1.54, 1.807) is 24.3 Å². The average molecular weight is 763 g/mol. The molecule has 0 bridgehead atoms. The second-order valence-electron chi connectivity index (χ2n) is 14.3. The summed E-state index contributed by atoms with van der Waals surface area (Å²) in [6.45, 7) is 0. The van der Waals surface area contributed by atoms with Gasteiger partial charge in [-0.3, -0.25) is 4.98 Å². The molecule has 0 N–H and O–H groups in total. The zero-order valence-corrected chi connectivity index (χ0v) is 31.6. The third kappa shape index (κ3) is 5.38. The first-order valence-corrected chi connectivity index (χ1v) is 19.0. The van der Waals surface area contributed by atoms with Crippen LogP contribution in [0.2, 0.25) is 0 Å². The molecule has 3 aromatic heterocycles. The highest BCUT2D eigenvalue weighted by molar-refractivity contribution is 6.13. The number of fused-ring (bicyclic) bond motifs is 6. The van der Waals surface area contributed by atoms with Crippen molar-refractivity contribution in [3.8, 4) is 75.1 Å². The van der Waals surface area contributed by atoms with Crippen LogP contribution in [0.5, 0.6) is 0 Å². The van der Waals surface area contributed by atoms with E-state index < -0.39 is 0 Å². The highest BCUT2D eigenvalue weighted by Crippen LogP contribution is 2.44. The Morgan fingerprint density at radius 1 is 0.367 bits per heavy atom. The first-order chi connectivity index (χ1) is 29.5. The summed E-state index contributed by atoms with van der Waals surface area (Å²) in [4.78, 5) is 4.95. The van der Waals surface area contributed by atoms with Crippen LogP contribution >= 0.6 is 0 Å². The van der Waals surface area contributed by atoms with Gasteiger partial charge in [0.15, 0.2) is 0 Å². The molecule has 3 heterocycles. The second kappa shape index (κ2) is 14.0. The molecule has 10 aromatic rings. The summed E-state index contributed by atoms with van der Waals surface area (Å²) in [5.41, 5.74) is 11.7. The van der Waals surface area contributed by atoms with Crippen LogP contribution in [0.3, 0.4) is 0 Å². The van der Waals surface area contributed by atoms with Crippen molar-refractivity contribution in [2.24, 2.45) is 0 Å². The SMILES string of the molecule is N#Cc1ccc(-c2ccc3c4ccccc4n(-c4cncc(-n5c6ccccc6c6ccc(-c7ccc(C#N)cc7C#N)cc65)c4-c4ccccc4C#N)c3c2)c(C#N)c1. The van der Waals surface area contributed by atoms with Gasteiger partial charge in [-0.05, 0) is 76.9 Å². The first kappa shape index (κ1) is 35.2. The summed E-state index contributed by atoms with van der Waals surface area (Å²) in [7, 11) is 0. The minimum atomic E-state index is 0.400. The molecular formula is C52H26N8. The maximum Gasteiger partial charge on any atom is 0.0998 e. The van der Waals surface area contributed by atoms with Gasteiger partial charge in [-0.2, -0.15) is 26.3 Å². The highest BCUT2D eigenvalue weighted by atomic mass is 15.0. The molecule has 274 valence electrons. The van der Waals surface area contributed by atoms with E-state index in [1.165, 1.54) is 0 Å². The third-order valence-corrected chi connectivity index (χ3v) is 11.2. The molecule has 60 heavy (non-hydrogen) atoms. The van der Waals surface area contributed by atoms with Gasteiger partial charge in [0, 0.05) is 32.7 Å². The maximum absolute atomic E-state index is 10.6. The zero-order chi connectivity index (χ0) is 40.9. The Hall–Kier alpha value is -9.26. The van der Waals surface area contributed by atoms with E-state index in [9.17, 15) is 26.3 Å². The van der Waals surface area contributed by atoms with Crippen LogP contribution in [0, 0.1) is 56.7 Å². The number of nitriles is 5. The number of rotatable bonds is 5. The van der Waals surface area contributed by atoms with Gasteiger partial charge >= 0.3 is 0 Å². The number of hydrogen-bond donors (Lipinski definition) is 0. The van der Waals surface area contributed by atoms with Crippen molar-refractivity contribution < 1.29 is 0 Å². The molecule has 0 atom stereocenters. The highest BCUT2D eigenvalue weighted by Gasteiger charge is 2.24. The zero-order valence-electron chi connectivity index (χ0n) is 31.6. The molecule has 8 nitrogen and oxygen atoms in total. The minimum absolute atomic E-state index is 0.400. The lowest BCUT2D eigenvalue weighted by atomic mass is 9.96. The molecule has 0 saturated carbocycles. The molecule has 7 aromatic carbocycles. The average Bonchev–Trinajstić information content (AvgIpc) is 3.82. The van der Waals surface area contributed by atoms with Gasteiger partial charge in [-0.15, -0.1) is 0 Å². The Kier molecular flexibility index (Phi) is 8.23. The Balaban J connectivity index is 1.32. The van der Waals surface area contributed by atoms with Crippen molar-refractivity contribution in [2.45, 2.75) is 0 Å². The van der Waals surface area contributed by atoms with Crippen molar-refractivity contribution in [3.63, 3.8) is 0 Å². The number of benzene rings is 7. The van der Waals surface area contributed by atoms with E-state index in [0.29, 0.717) is 44.5 Å². The fourth-order valence-electron chi connectivity index (χ4n) is 8.56. The third-order valence-electron chi connectivity index (χ3n) is 11.2. The molecule has 0 aliphatic carbocycles. The molecule has 0 unspecified atom stereocenters. The number of aromatic nitrogens is 3. The van der Waals surface area contributed by atoms with Crippen LogP contribution in [0.25, 0.3) is 88.4 Å². The Bertz CT molecular complexity index is 3470.